The van der Waals surface area contributed by atoms with E-state index in [9.17, 15) is 28.8 Å². The molecule has 0 bridgehead atoms. The highest BCUT2D eigenvalue weighted by Gasteiger charge is 2.29. The summed E-state index contributed by atoms with van der Waals surface area (Å²) in [5, 5.41) is 15.5. The Labute approximate surface area is 170 Å². The first kappa shape index (κ1) is 26.1. The second-order valence-electron chi connectivity index (χ2n) is 5.97. The fourth-order valence-electron chi connectivity index (χ4n) is 2.00. The van der Waals surface area contributed by atoms with Crippen molar-refractivity contribution in [3.63, 3.8) is 0 Å². The van der Waals surface area contributed by atoms with E-state index in [-0.39, 0.29) is 0 Å². The molecular weight excluding hydrogens is 408 g/mol. The minimum absolute atomic E-state index is 0.401. The van der Waals surface area contributed by atoms with Crippen LogP contribution in [0.1, 0.15) is 19.3 Å². The maximum absolute atomic E-state index is 12.2. The lowest BCUT2D eigenvalue weighted by molar-refractivity contribution is -0.143. The van der Waals surface area contributed by atoms with Gasteiger partial charge in [0.05, 0.1) is 25.4 Å². The van der Waals surface area contributed by atoms with Gasteiger partial charge in [0, 0.05) is 0 Å². The molecule has 3 atom stereocenters. The van der Waals surface area contributed by atoms with Crippen LogP contribution in [-0.4, -0.2) is 77.3 Å². The van der Waals surface area contributed by atoms with Gasteiger partial charge in [-0.1, -0.05) is 0 Å². The fourth-order valence-corrected chi connectivity index (χ4v) is 2.49. The number of amides is 5. The average molecular weight is 434 g/mol. The number of primary amides is 2. The summed E-state index contributed by atoms with van der Waals surface area (Å²) in [6, 6.07) is -3.98. The van der Waals surface area contributed by atoms with E-state index in [0.717, 1.165) is 0 Å². The normalized spacial score (nSPS) is 13.4. The van der Waals surface area contributed by atoms with Crippen LogP contribution in [0, 0.1) is 0 Å². The molecule has 0 spiro atoms. The summed E-state index contributed by atoms with van der Waals surface area (Å²) in [7, 11) is 0. The van der Waals surface area contributed by atoms with Gasteiger partial charge >= 0.3 is 5.97 Å². The van der Waals surface area contributed by atoms with E-state index in [1.54, 1.807) is 0 Å². The Kier molecular flexibility index (Phi) is 12.0. The molecule has 14 heteroatoms. The molecule has 10 N–H and O–H groups in total. The van der Waals surface area contributed by atoms with Gasteiger partial charge in [-0.3, -0.25) is 24.0 Å². The summed E-state index contributed by atoms with van der Waals surface area (Å²) in [5.74, 6) is -5.28. The van der Waals surface area contributed by atoms with E-state index in [0.29, 0.717) is 12.2 Å². The third-order valence-electron chi connectivity index (χ3n) is 3.47. The van der Waals surface area contributed by atoms with Gasteiger partial charge < -0.3 is 38.3 Å². The van der Waals surface area contributed by atoms with Crippen molar-refractivity contribution < 1.29 is 33.9 Å². The van der Waals surface area contributed by atoms with E-state index in [2.05, 4.69) is 10.6 Å². The molecule has 0 rings (SSSR count). The molecule has 29 heavy (non-hydrogen) atoms. The number of aliphatic carboxylic acids is 1. The Hall–Kier alpha value is -2.87. The number of thioether (sulfide) groups is 1. The standard InChI is InChI=1S/C15H26N6O7S/c1-29-3-2-7(16)13(25)19-6-12(24)20-8(4-10(17)22)14(26)21-9(15(27)28)5-11(18)23/h7-9H,2-6,16H2,1H3,(H2,17,22)(H2,18,23)(H,19,25)(H,20,24)(H,21,26)(H,27,28). The molecule has 0 aliphatic carbocycles. The van der Waals surface area contributed by atoms with E-state index in [4.69, 9.17) is 22.3 Å². The topological polar surface area (TPSA) is 237 Å². The highest BCUT2D eigenvalue weighted by molar-refractivity contribution is 7.98. The van der Waals surface area contributed by atoms with Gasteiger partial charge in [-0.05, 0) is 18.4 Å². The summed E-state index contributed by atoms with van der Waals surface area (Å²) in [4.78, 5) is 69.1. The lowest BCUT2D eigenvalue weighted by Crippen LogP contribution is -2.55. The van der Waals surface area contributed by atoms with Gasteiger partial charge in [-0.15, -0.1) is 0 Å². The van der Waals surface area contributed by atoms with Crippen LogP contribution in [0.25, 0.3) is 0 Å². The van der Waals surface area contributed by atoms with Crippen molar-refractivity contribution in [3.8, 4) is 0 Å². The lowest BCUT2D eigenvalue weighted by Gasteiger charge is -2.20. The molecule has 13 nitrogen and oxygen atoms in total. The Morgan fingerprint density at radius 1 is 0.931 bits per heavy atom. The highest BCUT2D eigenvalue weighted by atomic mass is 32.2. The van der Waals surface area contributed by atoms with Gasteiger partial charge in [-0.25, -0.2) is 4.79 Å². The van der Waals surface area contributed by atoms with Gasteiger partial charge in [0.25, 0.3) is 0 Å². The predicted octanol–water partition coefficient (Wildman–Crippen LogP) is -4.01. The summed E-state index contributed by atoms with van der Waals surface area (Å²) >= 11 is 1.50. The quantitative estimate of drug-likeness (QED) is 0.141. The summed E-state index contributed by atoms with van der Waals surface area (Å²) < 4.78 is 0. The summed E-state index contributed by atoms with van der Waals surface area (Å²) in [5.41, 5.74) is 15.6. The van der Waals surface area contributed by atoms with E-state index in [1.165, 1.54) is 11.8 Å². The monoisotopic (exact) mass is 434 g/mol. The first-order valence-corrected chi connectivity index (χ1v) is 9.78. The largest absolute Gasteiger partial charge is 0.480 e. The first-order valence-electron chi connectivity index (χ1n) is 8.39. The van der Waals surface area contributed by atoms with Crippen molar-refractivity contribution in [2.45, 2.75) is 37.4 Å². The van der Waals surface area contributed by atoms with Crippen LogP contribution in [0.5, 0.6) is 0 Å². The number of carbonyl (C=O) groups is 6. The van der Waals surface area contributed by atoms with Crippen molar-refractivity contribution in [2.24, 2.45) is 17.2 Å². The van der Waals surface area contributed by atoms with Crippen LogP contribution in [0.3, 0.4) is 0 Å². The van der Waals surface area contributed by atoms with Crippen LogP contribution in [0.2, 0.25) is 0 Å². The average Bonchev–Trinajstić information content (AvgIpc) is 2.61. The highest BCUT2D eigenvalue weighted by Crippen LogP contribution is 1.99. The second kappa shape index (κ2) is 13.3. The molecule has 0 saturated heterocycles. The smallest absolute Gasteiger partial charge is 0.326 e. The Balaban J connectivity index is 4.88. The number of carboxylic acids is 1. The van der Waals surface area contributed by atoms with Crippen molar-refractivity contribution in [1.82, 2.24) is 16.0 Å². The van der Waals surface area contributed by atoms with Crippen molar-refractivity contribution in [2.75, 3.05) is 18.6 Å². The Morgan fingerprint density at radius 3 is 1.97 bits per heavy atom. The maximum Gasteiger partial charge on any atom is 0.326 e. The van der Waals surface area contributed by atoms with Gasteiger partial charge in [0.1, 0.15) is 12.1 Å². The number of rotatable bonds is 14. The van der Waals surface area contributed by atoms with E-state index < -0.39 is 73.0 Å². The Bertz CT molecular complexity index is 645. The van der Waals surface area contributed by atoms with Gasteiger partial charge in [0.2, 0.25) is 29.5 Å². The zero-order valence-electron chi connectivity index (χ0n) is 15.8. The number of carboxylic acid groups (broad SMARTS) is 1. The van der Waals surface area contributed by atoms with E-state index >= 15 is 0 Å². The minimum atomic E-state index is -1.65. The number of nitrogens with two attached hydrogens (primary N) is 3. The molecule has 3 unspecified atom stereocenters. The molecule has 0 aliphatic heterocycles. The number of carbonyl (C=O) groups excluding carboxylic acids is 5. The lowest BCUT2D eigenvalue weighted by atomic mass is 10.1. The van der Waals surface area contributed by atoms with Crippen LogP contribution in [-0.2, 0) is 28.8 Å². The zero-order chi connectivity index (χ0) is 22.6. The molecule has 0 saturated carbocycles. The van der Waals surface area contributed by atoms with Crippen LogP contribution in [0.15, 0.2) is 0 Å². The third kappa shape index (κ3) is 11.5. The molecule has 0 aliphatic rings. The number of hydrogen-bond acceptors (Lipinski definition) is 8. The molecule has 5 amide bonds. The summed E-state index contributed by atoms with van der Waals surface area (Å²) in [6.45, 7) is -0.530. The fraction of sp³-hybridized carbons (Fsp3) is 0.600. The van der Waals surface area contributed by atoms with Crippen LogP contribution < -0.4 is 33.2 Å². The molecule has 0 radical (unpaired) electrons. The molecule has 0 aromatic rings. The Morgan fingerprint density at radius 2 is 1.48 bits per heavy atom. The first-order chi connectivity index (χ1) is 13.5. The van der Waals surface area contributed by atoms with Crippen molar-refractivity contribution in [3.05, 3.63) is 0 Å². The number of hydrogen-bond donors (Lipinski definition) is 7. The van der Waals surface area contributed by atoms with Crippen LogP contribution in [0.4, 0.5) is 0 Å². The third-order valence-corrected chi connectivity index (χ3v) is 4.11. The SMILES string of the molecule is CSCCC(N)C(=O)NCC(=O)NC(CC(N)=O)C(=O)NC(CC(N)=O)C(=O)O. The number of nitrogens with one attached hydrogen (secondary N) is 3. The van der Waals surface area contributed by atoms with Gasteiger partial charge in [0.15, 0.2) is 0 Å². The van der Waals surface area contributed by atoms with Crippen LogP contribution >= 0.6 is 11.8 Å². The molecule has 0 heterocycles. The van der Waals surface area contributed by atoms with Gasteiger partial charge in [-0.2, -0.15) is 11.8 Å². The summed E-state index contributed by atoms with van der Waals surface area (Å²) in [6.07, 6.45) is 0.919. The van der Waals surface area contributed by atoms with Crippen molar-refractivity contribution in [1.29, 1.82) is 0 Å². The van der Waals surface area contributed by atoms with E-state index in [1.807, 2.05) is 11.6 Å². The minimum Gasteiger partial charge on any atom is -0.480 e. The predicted molar refractivity (Wildman–Crippen MR) is 103 cm³/mol. The zero-order valence-corrected chi connectivity index (χ0v) is 16.6. The maximum atomic E-state index is 12.2. The molecular formula is C15H26N6O7S. The molecule has 0 aromatic heterocycles. The molecule has 164 valence electrons. The molecule has 0 aromatic carbocycles. The second-order valence-corrected chi connectivity index (χ2v) is 6.95. The molecule has 0 fully saturated rings. The van der Waals surface area contributed by atoms with Crippen molar-refractivity contribution >= 4 is 47.3 Å².